The second kappa shape index (κ2) is 4.93. The van der Waals surface area contributed by atoms with Crippen LogP contribution in [0.5, 0.6) is 0 Å². The Morgan fingerprint density at radius 3 is 2.50 bits per heavy atom. The molecule has 0 spiro atoms. The Bertz CT molecular complexity index is 511. The Hall–Kier alpha value is -0.930. The number of rotatable bonds is 2. The highest BCUT2D eigenvalue weighted by molar-refractivity contribution is 9.10. The fourth-order valence-corrected chi connectivity index (χ4v) is 2.93. The van der Waals surface area contributed by atoms with Crippen LogP contribution in [0, 0.1) is 6.92 Å². The molecule has 0 saturated carbocycles. The van der Waals surface area contributed by atoms with E-state index < -0.39 is 0 Å². The summed E-state index contributed by atoms with van der Waals surface area (Å²) >= 11 is 5.28. The minimum absolute atomic E-state index is 0.779. The van der Waals surface area contributed by atoms with Crippen molar-refractivity contribution in [2.75, 3.05) is 5.73 Å². The van der Waals surface area contributed by atoms with Gasteiger partial charge in [0.2, 0.25) is 0 Å². The van der Waals surface area contributed by atoms with Gasteiger partial charge in [0, 0.05) is 20.0 Å². The minimum Gasteiger partial charge on any atom is -0.399 e. The first kappa shape index (κ1) is 11.6. The number of benzene rings is 2. The molecule has 0 aliphatic heterocycles. The van der Waals surface area contributed by atoms with Crippen LogP contribution in [0.3, 0.4) is 0 Å². The number of aryl methyl sites for hydroxylation is 1. The van der Waals surface area contributed by atoms with Crippen molar-refractivity contribution >= 4 is 33.4 Å². The molecule has 2 N–H and O–H groups in total. The van der Waals surface area contributed by atoms with Gasteiger partial charge in [-0.1, -0.05) is 30.0 Å². The molecule has 2 rings (SSSR count). The normalized spacial score (nSPS) is 10.4. The summed E-state index contributed by atoms with van der Waals surface area (Å²) in [4.78, 5) is 2.46. The average Bonchev–Trinajstić information content (AvgIpc) is 2.25. The molecule has 2 aromatic rings. The van der Waals surface area contributed by atoms with Gasteiger partial charge in [0.15, 0.2) is 0 Å². The van der Waals surface area contributed by atoms with Gasteiger partial charge in [-0.2, -0.15) is 0 Å². The molecule has 0 heterocycles. The van der Waals surface area contributed by atoms with Crippen LogP contribution in [0.2, 0.25) is 0 Å². The Balaban J connectivity index is 2.31. The number of anilines is 1. The van der Waals surface area contributed by atoms with Gasteiger partial charge in [0.1, 0.15) is 0 Å². The number of nitrogen functional groups attached to an aromatic ring is 1. The van der Waals surface area contributed by atoms with E-state index in [0.29, 0.717) is 0 Å². The van der Waals surface area contributed by atoms with E-state index in [4.69, 9.17) is 5.73 Å². The van der Waals surface area contributed by atoms with Crippen molar-refractivity contribution in [3.05, 3.63) is 52.5 Å². The molecule has 2 aromatic carbocycles. The number of halogens is 1. The van der Waals surface area contributed by atoms with Crippen molar-refractivity contribution in [1.29, 1.82) is 0 Å². The van der Waals surface area contributed by atoms with Crippen LogP contribution < -0.4 is 5.73 Å². The van der Waals surface area contributed by atoms with E-state index in [9.17, 15) is 0 Å². The van der Waals surface area contributed by atoms with Crippen LogP contribution in [-0.2, 0) is 0 Å². The van der Waals surface area contributed by atoms with E-state index in [1.807, 2.05) is 18.2 Å². The second-order valence-electron chi connectivity index (χ2n) is 3.56. The molecule has 0 unspecified atom stereocenters. The van der Waals surface area contributed by atoms with Gasteiger partial charge in [0.25, 0.3) is 0 Å². The van der Waals surface area contributed by atoms with Gasteiger partial charge >= 0.3 is 0 Å². The van der Waals surface area contributed by atoms with Gasteiger partial charge in [0.05, 0.1) is 0 Å². The Morgan fingerprint density at radius 1 is 1.06 bits per heavy atom. The lowest BCUT2D eigenvalue weighted by Gasteiger charge is -2.07. The third-order valence-corrected chi connectivity index (χ3v) is 4.44. The van der Waals surface area contributed by atoms with E-state index in [2.05, 4.69) is 47.1 Å². The molecule has 1 nitrogen and oxygen atoms in total. The van der Waals surface area contributed by atoms with Gasteiger partial charge in [-0.25, -0.2) is 0 Å². The van der Waals surface area contributed by atoms with E-state index in [-0.39, 0.29) is 0 Å². The molecule has 0 amide bonds. The number of hydrogen-bond donors (Lipinski definition) is 1. The molecule has 16 heavy (non-hydrogen) atoms. The fourth-order valence-electron chi connectivity index (χ4n) is 1.39. The Kier molecular flexibility index (Phi) is 3.56. The average molecular weight is 294 g/mol. The molecule has 0 aliphatic carbocycles. The lowest BCUT2D eigenvalue weighted by molar-refractivity contribution is 1.29. The summed E-state index contributed by atoms with van der Waals surface area (Å²) in [6.45, 7) is 2.12. The maximum absolute atomic E-state index is 5.71. The third-order valence-electron chi connectivity index (χ3n) is 2.27. The predicted molar refractivity (Wildman–Crippen MR) is 73.9 cm³/mol. The van der Waals surface area contributed by atoms with Crippen molar-refractivity contribution in [3.63, 3.8) is 0 Å². The molecular weight excluding hydrogens is 282 g/mol. The molecular formula is C13H12BrNS. The van der Waals surface area contributed by atoms with Crippen LogP contribution >= 0.6 is 27.7 Å². The van der Waals surface area contributed by atoms with Crippen molar-refractivity contribution in [3.8, 4) is 0 Å². The summed E-state index contributed by atoms with van der Waals surface area (Å²) in [5.41, 5.74) is 7.78. The smallest absolute Gasteiger partial charge is 0.0335 e. The van der Waals surface area contributed by atoms with Crippen LogP contribution in [0.1, 0.15) is 5.56 Å². The molecule has 0 aliphatic rings. The fraction of sp³-hybridized carbons (Fsp3) is 0.0769. The largest absolute Gasteiger partial charge is 0.399 e. The lowest BCUT2D eigenvalue weighted by Crippen LogP contribution is -1.85. The van der Waals surface area contributed by atoms with Crippen molar-refractivity contribution in [2.45, 2.75) is 16.7 Å². The van der Waals surface area contributed by atoms with E-state index in [1.54, 1.807) is 11.8 Å². The van der Waals surface area contributed by atoms with Crippen LogP contribution in [0.15, 0.2) is 56.7 Å². The zero-order chi connectivity index (χ0) is 11.5. The maximum Gasteiger partial charge on any atom is 0.0335 e. The monoisotopic (exact) mass is 293 g/mol. The van der Waals surface area contributed by atoms with Gasteiger partial charge in [-0.15, -0.1) is 0 Å². The molecule has 0 saturated heterocycles. The van der Waals surface area contributed by atoms with Gasteiger partial charge < -0.3 is 5.73 Å². The minimum atomic E-state index is 0.779. The maximum atomic E-state index is 5.71. The van der Waals surface area contributed by atoms with Crippen molar-refractivity contribution in [1.82, 2.24) is 0 Å². The Morgan fingerprint density at radius 2 is 1.81 bits per heavy atom. The van der Waals surface area contributed by atoms with E-state index in [0.717, 1.165) is 10.2 Å². The Labute approximate surface area is 108 Å². The highest BCUT2D eigenvalue weighted by atomic mass is 79.9. The van der Waals surface area contributed by atoms with Crippen LogP contribution in [-0.4, -0.2) is 0 Å². The van der Waals surface area contributed by atoms with E-state index in [1.165, 1.54) is 15.4 Å². The predicted octanol–water partition coefficient (Wildman–Crippen LogP) is 4.49. The highest BCUT2D eigenvalue weighted by Gasteiger charge is 2.04. The third kappa shape index (κ3) is 2.60. The molecule has 0 atom stereocenters. The molecule has 3 heteroatoms. The quantitative estimate of drug-likeness (QED) is 0.826. The summed E-state index contributed by atoms with van der Waals surface area (Å²) in [5.74, 6) is 0. The molecule has 0 aromatic heterocycles. The molecule has 0 bridgehead atoms. The molecule has 0 fully saturated rings. The first-order valence-electron chi connectivity index (χ1n) is 4.95. The summed E-state index contributed by atoms with van der Waals surface area (Å²) in [5, 5.41) is 0. The summed E-state index contributed by atoms with van der Waals surface area (Å²) < 4.78 is 1.04. The van der Waals surface area contributed by atoms with Crippen molar-refractivity contribution in [2.24, 2.45) is 0 Å². The first-order chi connectivity index (χ1) is 7.66. The topological polar surface area (TPSA) is 26.0 Å². The first-order valence-corrected chi connectivity index (χ1v) is 6.56. The zero-order valence-corrected chi connectivity index (χ0v) is 11.3. The van der Waals surface area contributed by atoms with Gasteiger partial charge in [-0.05, 0) is 52.7 Å². The van der Waals surface area contributed by atoms with Crippen LogP contribution in [0.25, 0.3) is 0 Å². The summed E-state index contributed by atoms with van der Waals surface area (Å²) in [6.07, 6.45) is 0. The standard InChI is InChI=1S/C13H12BrNS/c1-9-4-2-3-5-12(9)16-13-7-6-10(15)8-11(13)14/h2-8H,15H2,1H3. The second-order valence-corrected chi connectivity index (χ2v) is 5.50. The summed E-state index contributed by atoms with van der Waals surface area (Å²) in [6, 6.07) is 14.2. The zero-order valence-electron chi connectivity index (χ0n) is 8.91. The highest BCUT2D eigenvalue weighted by Crippen LogP contribution is 2.35. The molecule has 82 valence electrons. The number of hydrogen-bond acceptors (Lipinski definition) is 2. The van der Waals surface area contributed by atoms with Crippen molar-refractivity contribution < 1.29 is 0 Å². The van der Waals surface area contributed by atoms with E-state index >= 15 is 0 Å². The molecule has 0 radical (unpaired) electrons. The summed E-state index contributed by atoms with van der Waals surface area (Å²) in [7, 11) is 0. The SMILES string of the molecule is Cc1ccccc1Sc1ccc(N)cc1Br. The van der Waals surface area contributed by atoms with Crippen LogP contribution in [0.4, 0.5) is 5.69 Å². The number of nitrogens with two attached hydrogens (primary N) is 1. The lowest BCUT2D eigenvalue weighted by atomic mass is 10.2. The van der Waals surface area contributed by atoms with Gasteiger partial charge in [-0.3, -0.25) is 0 Å².